The van der Waals surface area contributed by atoms with Crippen molar-refractivity contribution < 1.29 is 13.9 Å². The summed E-state index contributed by atoms with van der Waals surface area (Å²) in [6.45, 7) is 8.86. The average Bonchev–Trinajstić information content (AvgIpc) is 2.94. The number of piperidine rings is 1. The lowest BCUT2D eigenvalue weighted by atomic mass is 9.94. The number of benzene rings is 2. The predicted octanol–water partition coefficient (Wildman–Crippen LogP) is 6.16. The summed E-state index contributed by atoms with van der Waals surface area (Å²) in [4.78, 5) is 17.4. The van der Waals surface area contributed by atoms with Crippen molar-refractivity contribution in [2.75, 3.05) is 26.7 Å². The van der Waals surface area contributed by atoms with Gasteiger partial charge < -0.3 is 14.5 Å². The summed E-state index contributed by atoms with van der Waals surface area (Å²) in [6, 6.07) is 14.3. The number of nitriles is 1. The Hall–Kier alpha value is -3.59. The Labute approximate surface area is 214 Å². The number of carbonyl (C=O) groups excluding carboxylic acids is 1. The summed E-state index contributed by atoms with van der Waals surface area (Å²) in [5.74, 6) is 0.806. The van der Waals surface area contributed by atoms with Crippen molar-refractivity contribution in [1.29, 1.82) is 5.26 Å². The molecule has 0 unspecified atom stereocenters. The van der Waals surface area contributed by atoms with Crippen molar-refractivity contribution >= 4 is 11.6 Å². The van der Waals surface area contributed by atoms with Crippen LogP contribution in [0.5, 0.6) is 5.75 Å². The second-order valence-corrected chi connectivity index (χ2v) is 8.89. The third-order valence-corrected chi connectivity index (χ3v) is 6.71. The van der Waals surface area contributed by atoms with E-state index in [0.717, 1.165) is 42.9 Å². The fraction of sp³-hybridized carbons (Fsp3) is 0.400. The number of halogens is 1. The molecule has 4 rings (SSSR count). The maximum absolute atomic E-state index is 14.5. The molecular weight excluding hydrogens is 453 g/mol. The molecule has 190 valence electrons. The summed E-state index contributed by atoms with van der Waals surface area (Å²) >= 11 is 0. The molecule has 36 heavy (non-hydrogen) atoms. The fourth-order valence-electron chi connectivity index (χ4n) is 4.65. The first-order chi connectivity index (χ1) is 17.5. The van der Waals surface area contributed by atoms with E-state index in [4.69, 9.17) is 10.00 Å². The second kappa shape index (κ2) is 12.9. The Balaban J connectivity index is 0.00000176. The zero-order valence-electron chi connectivity index (χ0n) is 21.8. The summed E-state index contributed by atoms with van der Waals surface area (Å²) in [7, 11) is 1.63. The Morgan fingerprint density at radius 2 is 1.94 bits per heavy atom. The summed E-state index contributed by atoms with van der Waals surface area (Å²) in [5, 5.41) is 9.13. The molecule has 0 bridgehead atoms. The number of nitrogens with zero attached hydrogens (tertiary/aromatic N) is 3. The van der Waals surface area contributed by atoms with Crippen LogP contribution in [0.2, 0.25) is 0 Å². The standard InChI is InChI=1S/C28H30FN3O2.C2H6/c1-3-20-5-4-13-32(18-20)28(33)23-12-14-31(19-21-6-10-25(34-2)11-7-21)27(16-23)22-8-9-24(17-30)26(29)15-22;1-2/h6-12,15-16,20H,3-5,13-14,18-19H2,1-2H3;1-2H3/t20-;/m1./s1. The van der Waals surface area contributed by atoms with Crippen molar-refractivity contribution in [2.45, 2.75) is 46.6 Å². The van der Waals surface area contributed by atoms with Crippen LogP contribution in [-0.4, -0.2) is 42.5 Å². The van der Waals surface area contributed by atoms with Crippen LogP contribution in [0.15, 0.2) is 60.2 Å². The van der Waals surface area contributed by atoms with Gasteiger partial charge in [0, 0.05) is 43.0 Å². The molecule has 2 aliphatic heterocycles. The Kier molecular flexibility index (Phi) is 9.69. The quantitative estimate of drug-likeness (QED) is 0.487. The highest BCUT2D eigenvalue weighted by atomic mass is 19.1. The maximum atomic E-state index is 14.5. The molecule has 6 heteroatoms. The smallest absolute Gasteiger partial charge is 0.253 e. The largest absolute Gasteiger partial charge is 0.497 e. The molecule has 2 aromatic rings. The Morgan fingerprint density at radius 3 is 2.58 bits per heavy atom. The summed E-state index contributed by atoms with van der Waals surface area (Å²) in [5.41, 5.74) is 3.14. The molecule has 0 spiro atoms. The van der Waals surface area contributed by atoms with Gasteiger partial charge in [-0.15, -0.1) is 0 Å². The number of likely N-dealkylation sites (tertiary alicyclic amines) is 1. The maximum Gasteiger partial charge on any atom is 0.253 e. The van der Waals surface area contributed by atoms with Gasteiger partial charge in [0.15, 0.2) is 0 Å². The monoisotopic (exact) mass is 489 g/mol. The second-order valence-electron chi connectivity index (χ2n) is 8.89. The third kappa shape index (κ3) is 6.34. The molecule has 5 nitrogen and oxygen atoms in total. The molecule has 2 aliphatic rings. The molecule has 2 aromatic carbocycles. The number of rotatable bonds is 6. The first kappa shape index (κ1) is 27.0. The number of ether oxygens (including phenoxy) is 1. The fourth-order valence-corrected chi connectivity index (χ4v) is 4.65. The van der Waals surface area contributed by atoms with E-state index >= 15 is 0 Å². The highest BCUT2D eigenvalue weighted by Gasteiger charge is 2.27. The molecule has 0 aliphatic carbocycles. The van der Waals surface area contributed by atoms with Crippen molar-refractivity contribution in [3.05, 3.63) is 82.7 Å². The Morgan fingerprint density at radius 1 is 1.19 bits per heavy atom. The van der Waals surface area contributed by atoms with Crippen LogP contribution in [0, 0.1) is 23.1 Å². The lowest BCUT2D eigenvalue weighted by Gasteiger charge is -2.35. The van der Waals surface area contributed by atoms with Crippen LogP contribution in [0.4, 0.5) is 4.39 Å². The van der Waals surface area contributed by atoms with Gasteiger partial charge in [-0.2, -0.15) is 5.26 Å². The van der Waals surface area contributed by atoms with Crippen molar-refractivity contribution in [3.63, 3.8) is 0 Å². The van der Waals surface area contributed by atoms with Gasteiger partial charge in [-0.25, -0.2) is 4.39 Å². The molecule has 0 radical (unpaired) electrons. The van der Waals surface area contributed by atoms with E-state index in [1.807, 2.05) is 61.2 Å². The molecule has 0 N–H and O–H groups in total. The molecule has 1 amide bonds. The zero-order chi connectivity index (χ0) is 26.1. The first-order valence-corrected chi connectivity index (χ1v) is 12.8. The van der Waals surface area contributed by atoms with Crippen LogP contribution >= 0.6 is 0 Å². The van der Waals surface area contributed by atoms with Crippen molar-refractivity contribution in [3.8, 4) is 11.8 Å². The van der Waals surface area contributed by atoms with E-state index in [9.17, 15) is 9.18 Å². The van der Waals surface area contributed by atoms with E-state index in [1.54, 1.807) is 13.2 Å². The summed E-state index contributed by atoms with van der Waals surface area (Å²) in [6.07, 6.45) is 7.10. The molecule has 1 saturated heterocycles. The number of methoxy groups -OCH3 is 1. The van der Waals surface area contributed by atoms with Gasteiger partial charge in [0.2, 0.25) is 0 Å². The third-order valence-electron chi connectivity index (χ3n) is 6.71. The van der Waals surface area contributed by atoms with Crippen LogP contribution in [-0.2, 0) is 11.3 Å². The highest BCUT2D eigenvalue weighted by Crippen LogP contribution is 2.30. The van der Waals surface area contributed by atoms with Crippen LogP contribution in [0.1, 0.15) is 56.7 Å². The number of amides is 1. The number of hydrogen-bond acceptors (Lipinski definition) is 4. The van der Waals surface area contributed by atoms with Crippen molar-refractivity contribution in [2.24, 2.45) is 5.92 Å². The topological polar surface area (TPSA) is 56.6 Å². The van der Waals surface area contributed by atoms with E-state index in [0.29, 0.717) is 30.1 Å². The van der Waals surface area contributed by atoms with Gasteiger partial charge in [0.05, 0.1) is 12.7 Å². The molecular formula is C30H36FN3O2. The van der Waals surface area contributed by atoms with Gasteiger partial charge in [-0.3, -0.25) is 4.79 Å². The number of carbonyl (C=O) groups is 1. The van der Waals surface area contributed by atoms with Gasteiger partial charge in [0.1, 0.15) is 17.6 Å². The molecule has 1 fully saturated rings. The van der Waals surface area contributed by atoms with Crippen LogP contribution < -0.4 is 4.74 Å². The highest BCUT2D eigenvalue weighted by molar-refractivity contribution is 5.98. The minimum absolute atomic E-state index is 0.00706. The lowest BCUT2D eigenvalue weighted by molar-refractivity contribution is -0.128. The van der Waals surface area contributed by atoms with Gasteiger partial charge in [-0.05, 0) is 54.7 Å². The van der Waals surface area contributed by atoms with Crippen LogP contribution in [0.3, 0.4) is 0 Å². The Bertz CT molecular complexity index is 1150. The average molecular weight is 490 g/mol. The van der Waals surface area contributed by atoms with E-state index in [2.05, 4.69) is 11.8 Å². The summed E-state index contributed by atoms with van der Waals surface area (Å²) < 4.78 is 19.8. The van der Waals surface area contributed by atoms with E-state index in [1.165, 1.54) is 18.6 Å². The minimum atomic E-state index is -0.561. The van der Waals surface area contributed by atoms with E-state index < -0.39 is 5.82 Å². The number of hydrogen-bond donors (Lipinski definition) is 0. The predicted molar refractivity (Wildman–Crippen MR) is 142 cm³/mol. The lowest BCUT2D eigenvalue weighted by Crippen LogP contribution is -2.41. The molecule has 0 saturated carbocycles. The first-order valence-electron chi connectivity index (χ1n) is 12.8. The van der Waals surface area contributed by atoms with Gasteiger partial charge >= 0.3 is 0 Å². The van der Waals surface area contributed by atoms with Gasteiger partial charge in [-0.1, -0.05) is 51.5 Å². The van der Waals surface area contributed by atoms with Gasteiger partial charge in [0.25, 0.3) is 5.91 Å². The molecule has 1 atom stereocenters. The van der Waals surface area contributed by atoms with Crippen LogP contribution in [0.25, 0.3) is 5.70 Å². The molecule has 2 heterocycles. The minimum Gasteiger partial charge on any atom is -0.497 e. The molecule has 0 aromatic heterocycles. The SMILES string of the molecule is CC.CC[C@@H]1CCCN(C(=O)C2=CCN(Cc3ccc(OC)cc3)C(c3ccc(C#N)c(F)c3)=C2)C1. The normalized spacial score (nSPS) is 17.3. The van der Waals surface area contributed by atoms with E-state index in [-0.39, 0.29) is 11.5 Å². The van der Waals surface area contributed by atoms with Crippen molar-refractivity contribution in [1.82, 2.24) is 9.80 Å². The zero-order valence-corrected chi connectivity index (χ0v) is 21.8.